The summed E-state index contributed by atoms with van der Waals surface area (Å²) in [5, 5.41) is 19.4. The maximum Gasteiger partial charge on any atom is 0.253 e. The first-order chi connectivity index (χ1) is 14.9. The predicted molar refractivity (Wildman–Crippen MR) is 116 cm³/mol. The van der Waals surface area contributed by atoms with E-state index in [0.29, 0.717) is 33.9 Å². The molecule has 3 aromatic rings. The molecule has 0 saturated heterocycles. The predicted octanol–water partition coefficient (Wildman–Crippen LogP) is 3.33. The number of amides is 2. The van der Waals surface area contributed by atoms with Gasteiger partial charge >= 0.3 is 0 Å². The first kappa shape index (κ1) is 20.8. The third-order valence-electron chi connectivity index (χ3n) is 5.34. The van der Waals surface area contributed by atoms with Crippen LogP contribution in [0.2, 0.25) is 5.02 Å². The van der Waals surface area contributed by atoms with E-state index in [2.05, 4.69) is 26.8 Å². The van der Waals surface area contributed by atoms with Gasteiger partial charge in [-0.15, -0.1) is 0 Å². The SMILES string of the molecule is Cc1nc2c(C#N)cnn2c(C)c1CCC(=O)Nc1ccc(C(=O)NC2CC2)c(Cl)c1. The molecule has 1 aliphatic rings. The lowest BCUT2D eigenvalue weighted by molar-refractivity contribution is -0.116. The fourth-order valence-electron chi connectivity index (χ4n) is 3.48. The average molecular weight is 437 g/mol. The molecule has 0 unspecified atom stereocenters. The molecule has 1 aliphatic carbocycles. The molecule has 2 heterocycles. The molecule has 0 aliphatic heterocycles. The average Bonchev–Trinajstić information content (AvgIpc) is 3.44. The number of aryl methyl sites for hydroxylation is 2. The molecule has 4 rings (SSSR count). The molecule has 0 atom stereocenters. The van der Waals surface area contributed by atoms with E-state index in [-0.39, 0.29) is 24.3 Å². The molecule has 2 aromatic heterocycles. The second-order valence-electron chi connectivity index (χ2n) is 7.66. The van der Waals surface area contributed by atoms with Gasteiger partial charge in [0.2, 0.25) is 5.91 Å². The van der Waals surface area contributed by atoms with E-state index in [1.165, 1.54) is 6.20 Å². The van der Waals surface area contributed by atoms with Crippen molar-refractivity contribution in [3.05, 3.63) is 57.5 Å². The van der Waals surface area contributed by atoms with Crippen LogP contribution >= 0.6 is 11.6 Å². The number of rotatable bonds is 6. The van der Waals surface area contributed by atoms with E-state index >= 15 is 0 Å². The van der Waals surface area contributed by atoms with Gasteiger partial charge in [-0.25, -0.2) is 9.50 Å². The number of nitriles is 1. The summed E-state index contributed by atoms with van der Waals surface area (Å²) in [5.74, 6) is -0.374. The van der Waals surface area contributed by atoms with Crippen LogP contribution < -0.4 is 10.6 Å². The highest BCUT2D eigenvalue weighted by molar-refractivity contribution is 6.34. The number of hydrogen-bond donors (Lipinski definition) is 2. The van der Waals surface area contributed by atoms with Gasteiger partial charge in [-0.2, -0.15) is 10.4 Å². The number of aromatic nitrogens is 3. The molecule has 2 N–H and O–H groups in total. The van der Waals surface area contributed by atoms with Gasteiger partial charge in [-0.1, -0.05) is 11.6 Å². The number of nitrogens with one attached hydrogen (secondary N) is 2. The minimum Gasteiger partial charge on any atom is -0.349 e. The van der Waals surface area contributed by atoms with E-state index in [9.17, 15) is 14.9 Å². The van der Waals surface area contributed by atoms with Crippen LogP contribution in [0.1, 0.15) is 52.1 Å². The van der Waals surface area contributed by atoms with E-state index in [4.69, 9.17) is 11.6 Å². The van der Waals surface area contributed by atoms with Crippen molar-refractivity contribution in [3.63, 3.8) is 0 Å². The lowest BCUT2D eigenvalue weighted by Gasteiger charge is -2.12. The number of fused-ring (bicyclic) bond motifs is 1. The molecule has 31 heavy (non-hydrogen) atoms. The molecular formula is C22H21ClN6O2. The van der Waals surface area contributed by atoms with Crippen LogP contribution in [0.15, 0.2) is 24.4 Å². The lowest BCUT2D eigenvalue weighted by Crippen LogP contribution is -2.25. The minimum atomic E-state index is -0.197. The summed E-state index contributed by atoms with van der Waals surface area (Å²) in [6.07, 6.45) is 4.20. The number of benzene rings is 1. The smallest absolute Gasteiger partial charge is 0.253 e. The molecule has 0 bridgehead atoms. The molecule has 158 valence electrons. The standard InChI is InChI=1S/C22H21ClN6O2/c1-12-17(13(2)29-21(26-12)14(10-24)11-25-29)7-8-20(30)27-16-5-6-18(19(23)9-16)22(31)28-15-3-4-15/h5-6,9,11,15H,3-4,7-8H2,1-2H3,(H,27,30)(H,28,31). The maximum atomic E-state index is 12.5. The van der Waals surface area contributed by atoms with Crippen LogP contribution in [-0.2, 0) is 11.2 Å². The normalized spacial score (nSPS) is 13.1. The van der Waals surface area contributed by atoms with E-state index < -0.39 is 0 Å². The Kier molecular flexibility index (Phi) is 5.61. The van der Waals surface area contributed by atoms with E-state index in [1.807, 2.05) is 13.8 Å². The number of anilines is 1. The van der Waals surface area contributed by atoms with Gasteiger partial charge in [0.05, 0.1) is 16.8 Å². The quantitative estimate of drug-likeness (QED) is 0.615. The molecule has 1 saturated carbocycles. The van der Waals surface area contributed by atoms with E-state index in [1.54, 1.807) is 22.7 Å². The van der Waals surface area contributed by atoms with Crippen molar-refractivity contribution in [1.29, 1.82) is 5.26 Å². The summed E-state index contributed by atoms with van der Waals surface area (Å²) < 4.78 is 1.63. The van der Waals surface area contributed by atoms with Gasteiger partial charge in [0.25, 0.3) is 5.91 Å². The Balaban J connectivity index is 1.42. The number of hydrogen-bond acceptors (Lipinski definition) is 5. The molecule has 2 amide bonds. The molecule has 1 aromatic carbocycles. The number of carbonyl (C=O) groups is 2. The lowest BCUT2D eigenvalue weighted by atomic mass is 10.1. The highest BCUT2D eigenvalue weighted by atomic mass is 35.5. The summed E-state index contributed by atoms with van der Waals surface area (Å²) in [4.78, 5) is 29.1. The van der Waals surface area contributed by atoms with E-state index in [0.717, 1.165) is 29.8 Å². The van der Waals surface area contributed by atoms with Gasteiger partial charge < -0.3 is 10.6 Å². The first-order valence-electron chi connectivity index (χ1n) is 10.0. The van der Waals surface area contributed by atoms with Crippen molar-refractivity contribution in [1.82, 2.24) is 19.9 Å². The zero-order chi connectivity index (χ0) is 22.1. The maximum absolute atomic E-state index is 12.5. The van der Waals surface area contributed by atoms with Gasteiger partial charge in [0.1, 0.15) is 11.6 Å². The monoisotopic (exact) mass is 436 g/mol. The van der Waals surface area contributed by atoms with Crippen molar-refractivity contribution in [2.45, 2.75) is 45.6 Å². The summed E-state index contributed by atoms with van der Waals surface area (Å²) in [5.41, 5.74) is 4.40. The Bertz CT molecular complexity index is 1240. The third kappa shape index (κ3) is 4.37. The highest BCUT2D eigenvalue weighted by Crippen LogP contribution is 2.24. The Morgan fingerprint density at radius 3 is 2.77 bits per heavy atom. The molecule has 9 heteroatoms. The van der Waals surface area contributed by atoms with Gasteiger partial charge in [-0.05, 0) is 56.9 Å². The van der Waals surface area contributed by atoms with Crippen molar-refractivity contribution < 1.29 is 9.59 Å². The topological polar surface area (TPSA) is 112 Å². The molecule has 1 fully saturated rings. The van der Waals surface area contributed by atoms with Crippen molar-refractivity contribution in [2.75, 3.05) is 5.32 Å². The fourth-order valence-corrected chi connectivity index (χ4v) is 3.75. The minimum absolute atomic E-state index is 0.177. The second-order valence-corrected chi connectivity index (χ2v) is 8.06. The summed E-state index contributed by atoms with van der Waals surface area (Å²) in [6, 6.07) is 7.20. The fraction of sp³-hybridized carbons (Fsp3) is 0.318. The van der Waals surface area contributed by atoms with Crippen LogP contribution in [0.5, 0.6) is 0 Å². The largest absolute Gasteiger partial charge is 0.349 e. The van der Waals surface area contributed by atoms with Crippen LogP contribution in [-0.4, -0.2) is 32.5 Å². The molecule has 0 spiro atoms. The van der Waals surface area contributed by atoms with Gasteiger partial charge in [0.15, 0.2) is 5.65 Å². The molecular weight excluding hydrogens is 416 g/mol. The second kappa shape index (κ2) is 8.36. The first-order valence-corrected chi connectivity index (χ1v) is 10.4. The summed E-state index contributed by atoms with van der Waals surface area (Å²) in [6.45, 7) is 3.76. The van der Waals surface area contributed by atoms with Crippen LogP contribution in [0.3, 0.4) is 0 Å². The number of carbonyl (C=O) groups excluding carboxylic acids is 2. The molecule has 8 nitrogen and oxygen atoms in total. The summed E-state index contributed by atoms with van der Waals surface area (Å²) in [7, 11) is 0. The Hall–Kier alpha value is -3.44. The zero-order valence-electron chi connectivity index (χ0n) is 17.2. The zero-order valence-corrected chi connectivity index (χ0v) is 18.0. The molecule has 0 radical (unpaired) electrons. The van der Waals surface area contributed by atoms with Crippen molar-refractivity contribution >= 4 is 34.7 Å². The van der Waals surface area contributed by atoms with Gasteiger partial charge in [-0.3, -0.25) is 9.59 Å². The van der Waals surface area contributed by atoms with Crippen LogP contribution in [0.4, 0.5) is 5.69 Å². The summed E-state index contributed by atoms with van der Waals surface area (Å²) >= 11 is 6.24. The Morgan fingerprint density at radius 2 is 2.10 bits per heavy atom. The van der Waals surface area contributed by atoms with Gasteiger partial charge in [0, 0.05) is 29.5 Å². The van der Waals surface area contributed by atoms with Crippen LogP contribution in [0, 0.1) is 25.2 Å². The third-order valence-corrected chi connectivity index (χ3v) is 5.65. The van der Waals surface area contributed by atoms with Crippen LogP contribution in [0.25, 0.3) is 5.65 Å². The number of halogens is 1. The number of nitrogens with zero attached hydrogens (tertiary/aromatic N) is 4. The van der Waals surface area contributed by atoms with Crippen molar-refractivity contribution in [3.8, 4) is 6.07 Å². The Labute approximate surface area is 184 Å². The Morgan fingerprint density at radius 1 is 1.32 bits per heavy atom. The highest BCUT2D eigenvalue weighted by Gasteiger charge is 2.24. The van der Waals surface area contributed by atoms with Crippen molar-refractivity contribution in [2.24, 2.45) is 0 Å².